The molecule has 0 spiro atoms. The molecule has 1 aromatic heterocycles. The number of H-pyrrole nitrogens is 1. The number of rotatable bonds is 17. The number of imidazole rings is 1. The van der Waals surface area contributed by atoms with E-state index in [1.54, 1.807) is 6.20 Å². The predicted octanol–water partition coefficient (Wildman–Crippen LogP) is -0.146. The number of hydrogen-bond acceptors (Lipinski definition) is 8. The van der Waals surface area contributed by atoms with Crippen LogP contribution in [0, 0.1) is 0 Å². The highest BCUT2D eigenvalue weighted by Crippen LogP contribution is 2.12. The molecule has 0 aliphatic heterocycles. The fraction of sp³-hybridized carbons (Fsp3) is 0.722. The molecular weight excluding hydrogens is 410 g/mol. The van der Waals surface area contributed by atoms with Gasteiger partial charge >= 0.3 is 9.05 Å². The minimum Gasteiger partial charge on any atom is -0.354 e. The van der Waals surface area contributed by atoms with Crippen molar-refractivity contribution in [1.29, 1.82) is 0 Å². The van der Waals surface area contributed by atoms with E-state index in [-0.39, 0.29) is 24.8 Å². The van der Waals surface area contributed by atoms with E-state index < -0.39 is 15.1 Å². The van der Waals surface area contributed by atoms with Crippen LogP contribution in [-0.4, -0.2) is 76.4 Å². The lowest BCUT2D eigenvalue weighted by molar-refractivity contribution is -0.128. The Morgan fingerprint density at radius 3 is 2.37 bits per heavy atom. The third-order valence-electron chi connectivity index (χ3n) is 3.86. The van der Waals surface area contributed by atoms with Crippen LogP contribution in [0.15, 0.2) is 12.5 Å². The van der Waals surface area contributed by atoms with Crippen LogP contribution >= 0.6 is 0 Å². The highest BCUT2D eigenvalue weighted by atomic mass is 28.4. The molecule has 0 fully saturated rings. The van der Waals surface area contributed by atoms with E-state index in [9.17, 15) is 9.59 Å². The fourth-order valence-electron chi connectivity index (χ4n) is 2.61. The van der Waals surface area contributed by atoms with Crippen molar-refractivity contribution in [2.45, 2.75) is 46.1 Å². The highest BCUT2D eigenvalue weighted by Gasteiger charge is 2.44. The summed E-state index contributed by atoms with van der Waals surface area (Å²) in [5, 5.41) is 5.53. The van der Waals surface area contributed by atoms with Crippen molar-refractivity contribution >= 4 is 20.9 Å². The Morgan fingerprint density at radius 2 is 1.83 bits per heavy atom. The third kappa shape index (κ3) is 9.78. The molecular formula is C18H35N5O6Si. The van der Waals surface area contributed by atoms with Crippen LogP contribution in [0.2, 0.25) is 0 Å². The molecule has 1 unspecified atom stereocenters. The smallest absolute Gasteiger partial charge is 0.354 e. The molecule has 2 amide bonds. The molecule has 172 valence electrons. The molecule has 0 aliphatic carbocycles. The summed E-state index contributed by atoms with van der Waals surface area (Å²) in [6, 6.07) is -0.728. The van der Waals surface area contributed by atoms with Gasteiger partial charge in [-0.05, 0) is 27.2 Å². The number of aromatic nitrogens is 2. The van der Waals surface area contributed by atoms with Gasteiger partial charge in [0.2, 0.25) is 11.8 Å². The summed E-state index contributed by atoms with van der Waals surface area (Å²) in [7, 11) is -3.16. The first-order valence-corrected chi connectivity index (χ1v) is 11.9. The first kappa shape index (κ1) is 26.2. The van der Waals surface area contributed by atoms with Crippen molar-refractivity contribution in [2.24, 2.45) is 5.73 Å². The predicted molar refractivity (Wildman–Crippen MR) is 112 cm³/mol. The lowest BCUT2D eigenvalue weighted by Crippen LogP contribution is -2.50. The Balaban J connectivity index is 2.52. The normalized spacial score (nSPS) is 12.5. The molecule has 0 radical (unpaired) electrons. The third-order valence-corrected chi connectivity index (χ3v) is 6.35. The van der Waals surface area contributed by atoms with E-state index >= 15 is 0 Å². The summed E-state index contributed by atoms with van der Waals surface area (Å²) in [5.41, 5.74) is 6.15. The van der Waals surface area contributed by atoms with Crippen molar-refractivity contribution < 1.29 is 27.3 Å². The first-order chi connectivity index (χ1) is 14.5. The molecule has 30 heavy (non-hydrogen) atoms. The van der Waals surface area contributed by atoms with Gasteiger partial charge in [0.25, 0.3) is 0 Å². The van der Waals surface area contributed by atoms with E-state index in [1.165, 1.54) is 6.33 Å². The van der Waals surface area contributed by atoms with Crippen LogP contribution in [0.3, 0.4) is 0 Å². The summed E-state index contributed by atoms with van der Waals surface area (Å²) < 4.78 is 22.7. The van der Waals surface area contributed by atoms with Gasteiger partial charge in [-0.15, -0.1) is 0 Å². The van der Waals surface area contributed by atoms with Crippen molar-refractivity contribution in [1.82, 2.24) is 20.6 Å². The zero-order chi connectivity index (χ0) is 22.2. The molecule has 1 rings (SSSR count). The number of nitrogens with two attached hydrogens (primary N) is 1. The molecule has 1 heterocycles. The molecule has 0 saturated carbocycles. The Hall–Kier alpha value is -1.83. The summed E-state index contributed by atoms with van der Waals surface area (Å²) in [6.45, 7) is 7.68. The van der Waals surface area contributed by atoms with Crippen LogP contribution in [-0.2, 0) is 33.7 Å². The average Bonchev–Trinajstić information content (AvgIpc) is 3.21. The second-order valence-corrected chi connectivity index (χ2v) is 8.39. The number of nitrogens with one attached hydrogen (secondary N) is 3. The monoisotopic (exact) mass is 445 g/mol. The summed E-state index contributed by atoms with van der Waals surface area (Å²) in [4.78, 5) is 31.4. The first-order valence-electron chi connectivity index (χ1n) is 10.3. The number of aromatic amines is 1. The van der Waals surface area contributed by atoms with Gasteiger partial charge in [-0.25, -0.2) is 4.98 Å². The Bertz CT molecular complexity index is 587. The Morgan fingerprint density at radius 1 is 1.17 bits per heavy atom. The van der Waals surface area contributed by atoms with E-state index in [0.29, 0.717) is 45.8 Å². The van der Waals surface area contributed by atoms with Gasteiger partial charge < -0.3 is 39.1 Å². The maximum atomic E-state index is 12.6. The van der Waals surface area contributed by atoms with E-state index in [1.807, 2.05) is 20.8 Å². The summed E-state index contributed by atoms with van der Waals surface area (Å²) in [6.07, 6.45) is 4.12. The summed E-state index contributed by atoms with van der Waals surface area (Å²) >= 11 is 0. The van der Waals surface area contributed by atoms with Gasteiger partial charge in [-0.1, -0.05) is 0 Å². The standard InChI is InChI=1S/C18H35N5O6Si/c1-4-26-30(27-5-2,28-6-3)29-11-7-10-21-18(25)16(23-17(24)8-9-19)12-15-13-20-14-22-15/h13-14,16H,4-12,19H2,1-3H3,(H,20,22)(H,21,25)(H,23,24). The number of amides is 2. The van der Waals surface area contributed by atoms with Gasteiger partial charge in [0.15, 0.2) is 0 Å². The van der Waals surface area contributed by atoms with Crippen LogP contribution < -0.4 is 16.4 Å². The molecule has 0 bridgehead atoms. The number of hydrogen-bond donors (Lipinski definition) is 4. The van der Waals surface area contributed by atoms with Gasteiger partial charge in [0, 0.05) is 64.2 Å². The van der Waals surface area contributed by atoms with Crippen LogP contribution in [0.25, 0.3) is 0 Å². The SMILES string of the molecule is CCO[Si](OCC)(OCC)OCCCNC(=O)C(Cc1cnc[nH]1)NC(=O)CCN. The van der Waals surface area contributed by atoms with Crippen LogP contribution in [0.4, 0.5) is 0 Å². The zero-order valence-electron chi connectivity index (χ0n) is 18.1. The zero-order valence-corrected chi connectivity index (χ0v) is 19.1. The van der Waals surface area contributed by atoms with Crippen molar-refractivity contribution in [3.8, 4) is 0 Å². The van der Waals surface area contributed by atoms with Gasteiger partial charge in [-0.3, -0.25) is 9.59 Å². The second kappa shape index (κ2) is 15.0. The maximum absolute atomic E-state index is 12.6. The molecule has 0 saturated heterocycles. The van der Waals surface area contributed by atoms with E-state index in [4.69, 9.17) is 23.4 Å². The lowest BCUT2D eigenvalue weighted by Gasteiger charge is -2.26. The number of carbonyl (C=O) groups excluding carboxylic acids is 2. The van der Waals surface area contributed by atoms with Crippen molar-refractivity contribution in [2.75, 3.05) is 39.5 Å². The molecule has 0 aromatic carbocycles. The maximum Gasteiger partial charge on any atom is 0.679 e. The van der Waals surface area contributed by atoms with Gasteiger partial charge in [0.05, 0.1) is 6.33 Å². The molecule has 0 aliphatic rings. The fourth-order valence-corrected chi connectivity index (χ4v) is 4.56. The van der Waals surface area contributed by atoms with Gasteiger partial charge in [0.1, 0.15) is 6.04 Å². The highest BCUT2D eigenvalue weighted by molar-refractivity contribution is 6.53. The summed E-state index contributed by atoms with van der Waals surface area (Å²) in [5.74, 6) is -0.570. The minimum atomic E-state index is -3.16. The van der Waals surface area contributed by atoms with Crippen molar-refractivity contribution in [3.63, 3.8) is 0 Å². The largest absolute Gasteiger partial charge is 0.679 e. The van der Waals surface area contributed by atoms with Crippen molar-refractivity contribution in [3.05, 3.63) is 18.2 Å². The molecule has 5 N–H and O–H groups in total. The van der Waals surface area contributed by atoms with Crippen LogP contribution in [0.1, 0.15) is 39.3 Å². The van der Waals surface area contributed by atoms with E-state index in [2.05, 4.69) is 20.6 Å². The lowest BCUT2D eigenvalue weighted by atomic mass is 10.1. The Kier molecular flexibility index (Phi) is 13.1. The van der Waals surface area contributed by atoms with Gasteiger partial charge in [-0.2, -0.15) is 0 Å². The Labute approximate surface area is 178 Å². The topological polar surface area (TPSA) is 150 Å². The quantitative estimate of drug-likeness (QED) is 0.191. The minimum absolute atomic E-state index is 0.152. The van der Waals surface area contributed by atoms with E-state index in [0.717, 1.165) is 5.69 Å². The molecule has 12 heteroatoms. The number of carbonyl (C=O) groups is 2. The second-order valence-electron chi connectivity index (χ2n) is 6.23. The van der Waals surface area contributed by atoms with Crippen LogP contribution in [0.5, 0.6) is 0 Å². The molecule has 1 aromatic rings. The molecule has 11 nitrogen and oxygen atoms in total. The number of nitrogens with zero attached hydrogens (tertiary/aromatic N) is 1. The average molecular weight is 446 g/mol. The molecule has 1 atom stereocenters.